The predicted octanol–water partition coefficient (Wildman–Crippen LogP) is 3.73. The third-order valence-corrected chi connectivity index (χ3v) is 4.68. The molecule has 0 spiro atoms. The maximum atomic E-state index is 5.50. The van der Waals surface area contributed by atoms with Crippen molar-refractivity contribution in [2.24, 2.45) is 0 Å². The number of pyridine rings is 1. The van der Waals surface area contributed by atoms with Gasteiger partial charge in [-0.1, -0.05) is 37.8 Å². The molecule has 1 aromatic carbocycles. The van der Waals surface area contributed by atoms with Crippen LogP contribution in [0.4, 0.5) is 5.82 Å². The Labute approximate surface area is 153 Å². The first kappa shape index (κ1) is 16.7. The predicted molar refractivity (Wildman–Crippen MR) is 105 cm³/mol. The SMILES string of the molecule is C=Cc1cnc2c(N3CCOCC3)nc(-c3cccc(CC)c3)nc2c1. The molecule has 3 aromatic rings. The van der Waals surface area contributed by atoms with Gasteiger partial charge in [0.1, 0.15) is 5.52 Å². The summed E-state index contributed by atoms with van der Waals surface area (Å²) in [5, 5.41) is 0. The van der Waals surface area contributed by atoms with Gasteiger partial charge in [-0.05, 0) is 29.7 Å². The van der Waals surface area contributed by atoms with Gasteiger partial charge in [0.15, 0.2) is 11.6 Å². The van der Waals surface area contributed by atoms with Crippen LogP contribution in [0.2, 0.25) is 0 Å². The normalized spacial score (nSPS) is 14.6. The lowest BCUT2D eigenvalue weighted by molar-refractivity contribution is 0.122. The maximum Gasteiger partial charge on any atom is 0.162 e. The molecular formula is C21H22N4O. The summed E-state index contributed by atoms with van der Waals surface area (Å²) >= 11 is 0. The highest BCUT2D eigenvalue weighted by molar-refractivity contribution is 5.88. The van der Waals surface area contributed by atoms with E-state index in [-0.39, 0.29) is 0 Å². The van der Waals surface area contributed by atoms with Crippen molar-refractivity contribution in [2.75, 3.05) is 31.2 Å². The summed E-state index contributed by atoms with van der Waals surface area (Å²) < 4.78 is 5.50. The zero-order chi connectivity index (χ0) is 17.9. The number of fused-ring (bicyclic) bond motifs is 1. The number of hydrogen-bond donors (Lipinski definition) is 0. The van der Waals surface area contributed by atoms with E-state index in [1.54, 1.807) is 6.08 Å². The Morgan fingerprint density at radius 1 is 1.19 bits per heavy atom. The lowest BCUT2D eigenvalue weighted by atomic mass is 10.1. The monoisotopic (exact) mass is 346 g/mol. The van der Waals surface area contributed by atoms with E-state index in [0.717, 1.165) is 53.3 Å². The number of benzene rings is 1. The Bertz CT molecular complexity index is 948. The fourth-order valence-corrected chi connectivity index (χ4v) is 3.19. The highest BCUT2D eigenvalue weighted by Gasteiger charge is 2.19. The number of hydrogen-bond acceptors (Lipinski definition) is 5. The van der Waals surface area contributed by atoms with Gasteiger partial charge < -0.3 is 9.64 Å². The summed E-state index contributed by atoms with van der Waals surface area (Å²) in [6.45, 7) is 9.03. The van der Waals surface area contributed by atoms with Gasteiger partial charge in [0, 0.05) is 24.8 Å². The van der Waals surface area contributed by atoms with Crippen molar-refractivity contribution in [1.82, 2.24) is 15.0 Å². The number of aryl methyl sites for hydroxylation is 1. The molecule has 4 rings (SSSR count). The molecule has 1 saturated heterocycles. The van der Waals surface area contributed by atoms with Crippen molar-refractivity contribution < 1.29 is 4.74 Å². The zero-order valence-corrected chi connectivity index (χ0v) is 15.0. The third kappa shape index (κ3) is 3.18. The molecule has 0 atom stereocenters. The van der Waals surface area contributed by atoms with Gasteiger partial charge in [-0.3, -0.25) is 4.98 Å². The van der Waals surface area contributed by atoms with E-state index >= 15 is 0 Å². The second-order valence-corrected chi connectivity index (χ2v) is 6.36. The summed E-state index contributed by atoms with van der Waals surface area (Å²) in [5.74, 6) is 1.61. The molecule has 1 aliphatic heterocycles. The summed E-state index contributed by atoms with van der Waals surface area (Å²) in [7, 11) is 0. The first-order chi connectivity index (χ1) is 12.8. The van der Waals surface area contributed by atoms with Crippen molar-refractivity contribution in [1.29, 1.82) is 0 Å². The number of nitrogens with zero attached hydrogens (tertiary/aromatic N) is 4. The Balaban J connectivity index is 1.90. The van der Waals surface area contributed by atoms with Crippen LogP contribution in [-0.2, 0) is 11.2 Å². The average molecular weight is 346 g/mol. The fraction of sp³-hybridized carbons (Fsp3) is 0.286. The Kier molecular flexibility index (Phi) is 4.63. The molecule has 0 radical (unpaired) electrons. The minimum absolute atomic E-state index is 0.705. The van der Waals surface area contributed by atoms with E-state index < -0.39 is 0 Å². The molecule has 0 aliphatic carbocycles. The standard InChI is InChI=1S/C21H22N4O/c1-3-15-6-5-7-17(12-15)20-23-18-13-16(4-2)14-22-19(18)21(24-20)25-8-10-26-11-9-25/h4-7,12-14H,2-3,8-11H2,1H3. The van der Waals surface area contributed by atoms with Crippen molar-refractivity contribution >= 4 is 22.9 Å². The van der Waals surface area contributed by atoms with Crippen LogP contribution < -0.4 is 4.90 Å². The second-order valence-electron chi connectivity index (χ2n) is 6.36. The number of rotatable bonds is 4. The van der Waals surface area contributed by atoms with Crippen LogP contribution in [-0.4, -0.2) is 41.3 Å². The molecule has 1 aliphatic rings. The molecule has 5 heteroatoms. The van der Waals surface area contributed by atoms with E-state index in [4.69, 9.17) is 14.7 Å². The highest BCUT2D eigenvalue weighted by Crippen LogP contribution is 2.28. The average Bonchev–Trinajstić information content (AvgIpc) is 2.73. The van der Waals surface area contributed by atoms with Crippen molar-refractivity contribution in [3.63, 3.8) is 0 Å². The number of morpholine rings is 1. The molecule has 5 nitrogen and oxygen atoms in total. The Hall–Kier alpha value is -2.79. The molecular weight excluding hydrogens is 324 g/mol. The van der Waals surface area contributed by atoms with E-state index in [1.807, 2.05) is 12.3 Å². The van der Waals surface area contributed by atoms with Crippen molar-refractivity contribution in [3.05, 3.63) is 54.2 Å². The van der Waals surface area contributed by atoms with Gasteiger partial charge in [0.2, 0.25) is 0 Å². The molecule has 0 bridgehead atoms. The van der Waals surface area contributed by atoms with E-state index in [1.165, 1.54) is 5.56 Å². The Morgan fingerprint density at radius 2 is 2.04 bits per heavy atom. The largest absolute Gasteiger partial charge is 0.378 e. The third-order valence-electron chi connectivity index (χ3n) is 4.68. The van der Waals surface area contributed by atoms with E-state index in [9.17, 15) is 0 Å². The van der Waals surface area contributed by atoms with Crippen LogP contribution in [0.25, 0.3) is 28.5 Å². The topological polar surface area (TPSA) is 51.1 Å². The quantitative estimate of drug-likeness (QED) is 0.720. The van der Waals surface area contributed by atoms with Crippen LogP contribution in [0.15, 0.2) is 43.1 Å². The molecule has 0 amide bonds. The molecule has 132 valence electrons. The molecule has 0 saturated carbocycles. The summed E-state index contributed by atoms with van der Waals surface area (Å²) in [6.07, 6.45) is 4.60. The zero-order valence-electron chi connectivity index (χ0n) is 15.0. The summed E-state index contributed by atoms with van der Waals surface area (Å²) in [4.78, 5) is 16.6. The van der Waals surface area contributed by atoms with Crippen molar-refractivity contribution in [3.8, 4) is 11.4 Å². The molecule has 3 heterocycles. The van der Waals surface area contributed by atoms with Gasteiger partial charge in [-0.25, -0.2) is 9.97 Å². The van der Waals surface area contributed by atoms with Crippen LogP contribution in [0.3, 0.4) is 0 Å². The Morgan fingerprint density at radius 3 is 2.81 bits per heavy atom. The summed E-state index contributed by atoms with van der Waals surface area (Å²) in [5.41, 5.74) is 4.93. The minimum Gasteiger partial charge on any atom is -0.378 e. The van der Waals surface area contributed by atoms with Gasteiger partial charge in [0.05, 0.1) is 18.7 Å². The number of anilines is 1. The smallest absolute Gasteiger partial charge is 0.162 e. The molecule has 26 heavy (non-hydrogen) atoms. The van der Waals surface area contributed by atoms with E-state index in [0.29, 0.717) is 13.2 Å². The van der Waals surface area contributed by atoms with Gasteiger partial charge in [-0.2, -0.15) is 0 Å². The lowest BCUT2D eigenvalue weighted by Crippen LogP contribution is -2.37. The minimum atomic E-state index is 0.705. The van der Waals surface area contributed by atoms with Gasteiger partial charge in [0.25, 0.3) is 0 Å². The second kappa shape index (κ2) is 7.22. The van der Waals surface area contributed by atoms with Crippen LogP contribution >= 0.6 is 0 Å². The number of aromatic nitrogens is 3. The van der Waals surface area contributed by atoms with E-state index in [2.05, 4.69) is 47.7 Å². The molecule has 1 fully saturated rings. The first-order valence-corrected chi connectivity index (χ1v) is 9.00. The summed E-state index contributed by atoms with van der Waals surface area (Å²) in [6, 6.07) is 10.4. The van der Waals surface area contributed by atoms with Crippen LogP contribution in [0, 0.1) is 0 Å². The number of ether oxygens (including phenoxy) is 1. The first-order valence-electron chi connectivity index (χ1n) is 9.00. The van der Waals surface area contributed by atoms with Crippen LogP contribution in [0.1, 0.15) is 18.1 Å². The van der Waals surface area contributed by atoms with Crippen LogP contribution in [0.5, 0.6) is 0 Å². The fourth-order valence-electron chi connectivity index (χ4n) is 3.19. The lowest BCUT2D eigenvalue weighted by Gasteiger charge is -2.28. The molecule has 2 aromatic heterocycles. The van der Waals surface area contributed by atoms with Gasteiger partial charge >= 0.3 is 0 Å². The highest BCUT2D eigenvalue weighted by atomic mass is 16.5. The maximum absolute atomic E-state index is 5.50. The van der Waals surface area contributed by atoms with Gasteiger partial charge in [-0.15, -0.1) is 0 Å². The van der Waals surface area contributed by atoms with Crippen molar-refractivity contribution in [2.45, 2.75) is 13.3 Å². The molecule has 0 unspecified atom stereocenters. The molecule has 0 N–H and O–H groups in total.